The zero-order valence-electron chi connectivity index (χ0n) is 26.6. The Hall–Kier alpha value is -3.72. The van der Waals surface area contributed by atoms with E-state index >= 15 is 0 Å². The third kappa shape index (κ3) is 5.75. The Morgan fingerprint density at radius 1 is 0.889 bits per heavy atom. The van der Waals surface area contributed by atoms with Crippen molar-refractivity contribution in [1.82, 2.24) is 20.0 Å². The van der Waals surface area contributed by atoms with Gasteiger partial charge in [0.05, 0.1) is 0 Å². The molecule has 0 radical (unpaired) electrons. The van der Waals surface area contributed by atoms with Gasteiger partial charge in [0, 0.05) is 75.1 Å². The van der Waals surface area contributed by atoms with Gasteiger partial charge in [-0.15, -0.1) is 0 Å². The van der Waals surface area contributed by atoms with Crippen LogP contribution in [0.1, 0.15) is 103 Å². The first-order valence-corrected chi connectivity index (χ1v) is 16.9. The predicted molar refractivity (Wildman–Crippen MR) is 172 cm³/mol. The zero-order valence-corrected chi connectivity index (χ0v) is 26.6. The van der Waals surface area contributed by atoms with Gasteiger partial charge < -0.3 is 14.7 Å². The lowest BCUT2D eigenvalue weighted by Crippen LogP contribution is -2.52. The molecule has 238 valence electrons. The maximum Gasteiger partial charge on any atom is 0.255 e. The number of rotatable bonds is 6. The Morgan fingerprint density at radius 2 is 1.58 bits per heavy atom. The molecule has 0 aromatic heterocycles. The minimum absolute atomic E-state index is 0.119. The summed E-state index contributed by atoms with van der Waals surface area (Å²) >= 11 is 0. The maximum atomic E-state index is 13.4. The number of benzene rings is 2. The van der Waals surface area contributed by atoms with Crippen LogP contribution in [-0.2, 0) is 29.2 Å². The number of amides is 4. The standard InChI is InChI=1S/C36H45N5O4/c1-3-12-36(2)13-17-38(18-14-36)28-6-4-24(5-7-28)34(44)39-15-10-29(11-16-39)40-21-25-19-27-23-41(31-8-9-32(42)37-33(31)43)35(45)30(27)20-26(25)22-40/h4-7,19-20,29,31H,3,8-18,21-23H2,1-2H3,(H,37,42,43). The summed E-state index contributed by atoms with van der Waals surface area (Å²) in [6.07, 6.45) is 7.50. The second-order valence-corrected chi connectivity index (χ2v) is 14.2. The number of hydrogen-bond acceptors (Lipinski definition) is 6. The third-order valence-corrected chi connectivity index (χ3v) is 11.2. The fourth-order valence-electron chi connectivity index (χ4n) is 8.35. The van der Waals surface area contributed by atoms with Crippen molar-refractivity contribution in [2.75, 3.05) is 31.1 Å². The van der Waals surface area contributed by atoms with Gasteiger partial charge in [-0.1, -0.05) is 26.3 Å². The zero-order chi connectivity index (χ0) is 31.3. The molecule has 4 amide bonds. The van der Waals surface area contributed by atoms with Gasteiger partial charge >= 0.3 is 0 Å². The molecule has 0 saturated carbocycles. The summed E-state index contributed by atoms with van der Waals surface area (Å²) in [4.78, 5) is 59.2. The molecular formula is C36H45N5O4. The molecule has 7 rings (SSSR count). The molecule has 0 aliphatic carbocycles. The molecular weight excluding hydrogens is 566 g/mol. The number of carbonyl (C=O) groups excluding carboxylic acids is 4. The highest BCUT2D eigenvalue weighted by Crippen LogP contribution is 2.38. The van der Waals surface area contributed by atoms with E-state index in [1.54, 1.807) is 4.90 Å². The van der Waals surface area contributed by atoms with Crippen molar-refractivity contribution in [2.24, 2.45) is 5.41 Å². The first-order valence-electron chi connectivity index (χ1n) is 16.9. The van der Waals surface area contributed by atoms with Crippen LogP contribution in [-0.4, -0.2) is 76.6 Å². The lowest BCUT2D eigenvalue weighted by atomic mass is 9.77. The van der Waals surface area contributed by atoms with E-state index in [4.69, 9.17) is 0 Å². The van der Waals surface area contributed by atoms with Crippen molar-refractivity contribution < 1.29 is 19.2 Å². The van der Waals surface area contributed by atoms with Crippen molar-refractivity contribution >= 4 is 29.3 Å². The second kappa shape index (κ2) is 11.9. The largest absolute Gasteiger partial charge is 0.371 e. The molecule has 45 heavy (non-hydrogen) atoms. The van der Waals surface area contributed by atoms with Gasteiger partial charge in [-0.25, -0.2) is 0 Å². The molecule has 3 saturated heterocycles. The predicted octanol–water partition coefficient (Wildman–Crippen LogP) is 4.47. The molecule has 2 aromatic rings. The minimum Gasteiger partial charge on any atom is -0.371 e. The van der Waals surface area contributed by atoms with Crippen LogP contribution in [0, 0.1) is 5.41 Å². The highest BCUT2D eigenvalue weighted by Gasteiger charge is 2.40. The number of hydrogen-bond donors (Lipinski definition) is 1. The first kappa shape index (κ1) is 30.0. The summed E-state index contributed by atoms with van der Waals surface area (Å²) in [6, 6.07) is 12.2. The second-order valence-electron chi connectivity index (χ2n) is 14.2. The minimum atomic E-state index is -0.586. The molecule has 5 aliphatic rings. The van der Waals surface area contributed by atoms with Crippen LogP contribution < -0.4 is 10.2 Å². The molecule has 1 unspecified atom stereocenters. The average Bonchev–Trinajstić information content (AvgIpc) is 3.60. The van der Waals surface area contributed by atoms with E-state index in [-0.39, 0.29) is 30.0 Å². The fourth-order valence-corrected chi connectivity index (χ4v) is 8.35. The van der Waals surface area contributed by atoms with Gasteiger partial charge in [0.25, 0.3) is 11.8 Å². The van der Waals surface area contributed by atoms with Gasteiger partial charge in [0.15, 0.2) is 0 Å². The van der Waals surface area contributed by atoms with Crippen molar-refractivity contribution in [3.63, 3.8) is 0 Å². The Labute approximate surface area is 265 Å². The van der Waals surface area contributed by atoms with Gasteiger partial charge in [0.1, 0.15) is 6.04 Å². The number of likely N-dealkylation sites (tertiary alicyclic amines) is 1. The van der Waals surface area contributed by atoms with Crippen LogP contribution in [0.15, 0.2) is 36.4 Å². The Bertz CT molecular complexity index is 1500. The van der Waals surface area contributed by atoms with E-state index in [2.05, 4.69) is 47.2 Å². The van der Waals surface area contributed by atoms with E-state index in [1.165, 1.54) is 42.5 Å². The number of carbonyl (C=O) groups is 4. The summed E-state index contributed by atoms with van der Waals surface area (Å²) in [5, 5.41) is 2.38. The number of anilines is 1. The number of fused-ring (bicyclic) bond motifs is 2. The SMILES string of the molecule is CCCC1(C)CCN(c2ccc(C(=O)N3CCC(N4Cc5cc6c(cc5C4)C(=O)N(C4CCC(=O)NC4=O)C6)CC3)cc2)CC1. The molecule has 0 spiro atoms. The highest BCUT2D eigenvalue weighted by atomic mass is 16.2. The summed E-state index contributed by atoms with van der Waals surface area (Å²) in [6.45, 7) is 10.4. The van der Waals surface area contributed by atoms with E-state index in [0.717, 1.165) is 63.2 Å². The topological polar surface area (TPSA) is 93.3 Å². The van der Waals surface area contributed by atoms with Crippen LogP contribution >= 0.6 is 0 Å². The van der Waals surface area contributed by atoms with E-state index in [1.807, 2.05) is 23.1 Å². The summed E-state index contributed by atoms with van der Waals surface area (Å²) in [5.74, 6) is -0.646. The van der Waals surface area contributed by atoms with Gasteiger partial charge in [-0.2, -0.15) is 0 Å². The number of nitrogens with zero attached hydrogens (tertiary/aromatic N) is 4. The monoisotopic (exact) mass is 611 g/mol. The van der Waals surface area contributed by atoms with Crippen LogP contribution in [0.4, 0.5) is 5.69 Å². The third-order valence-electron chi connectivity index (χ3n) is 11.2. The lowest BCUT2D eigenvalue weighted by molar-refractivity contribution is -0.136. The van der Waals surface area contributed by atoms with Crippen molar-refractivity contribution in [3.8, 4) is 0 Å². The maximum absolute atomic E-state index is 13.4. The highest BCUT2D eigenvalue weighted by molar-refractivity contribution is 6.05. The van der Waals surface area contributed by atoms with E-state index in [0.29, 0.717) is 30.0 Å². The molecule has 3 fully saturated rings. The molecule has 1 atom stereocenters. The smallest absolute Gasteiger partial charge is 0.255 e. The van der Waals surface area contributed by atoms with Crippen LogP contribution in [0.25, 0.3) is 0 Å². The van der Waals surface area contributed by atoms with Crippen LogP contribution in [0.3, 0.4) is 0 Å². The quantitative estimate of drug-likeness (QED) is 0.485. The van der Waals surface area contributed by atoms with Crippen molar-refractivity contribution in [2.45, 2.75) is 96.9 Å². The van der Waals surface area contributed by atoms with Gasteiger partial charge in [-0.05, 0) is 91.0 Å². The van der Waals surface area contributed by atoms with Crippen LogP contribution in [0.5, 0.6) is 0 Å². The van der Waals surface area contributed by atoms with Crippen molar-refractivity contribution in [3.05, 3.63) is 64.2 Å². The number of piperidine rings is 3. The van der Waals surface area contributed by atoms with E-state index in [9.17, 15) is 19.2 Å². The van der Waals surface area contributed by atoms with Gasteiger partial charge in [0.2, 0.25) is 11.8 Å². The molecule has 5 aliphatic heterocycles. The first-order chi connectivity index (χ1) is 21.7. The van der Waals surface area contributed by atoms with Crippen molar-refractivity contribution in [1.29, 1.82) is 0 Å². The molecule has 9 nitrogen and oxygen atoms in total. The molecule has 0 bridgehead atoms. The molecule has 5 heterocycles. The van der Waals surface area contributed by atoms with Gasteiger partial charge in [-0.3, -0.25) is 29.4 Å². The van der Waals surface area contributed by atoms with Crippen LogP contribution in [0.2, 0.25) is 0 Å². The normalized spacial score (nSPS) is 23.7. The molecule has 1 N–H and O–H groups in total. The summed E-state index contributed by atoms with van der Waals surface area (Å²) in [5.41, 5.74) is 6.52. The average molecular weight is 612 g/mol. The number of nitrogens with one attached hydrogen (secondary N) is 1. The fraction of sp³-hybridized carbons (Fsp3) is 0.556. The Kier molecular flexibility index (Phi) is 7.92. The molecule has 2 aromatic carbocycles. The lowest BCUT2D eigenvalue weighted by Gasteiger charge is -2.40. The summed E-state index contributed by atoms with van der Waals surface area (Å²) < 4.78 is 0. The molecule has 9 heteroatoms. The van der Waals surface area contributed by atoms with E-state index < -0.39 is 6.04 Å². The number of imide groups is 1. The Balaban J connectivity index is 0.917. The summed E-state index contributed by atoms with van der Waals surface area (Å²) in [7, 11) is 0. The Morgan fingerprint density at radius 3 is 2.24 bits per heavy atom.